The number of ether oxygens (including phenoxy) is 1. The van der Waals surface area contributed by atoms with Crippen LogP contribution in [0.1, 0.15) is 43.7 Å². The molecule has 0 spiro atoms. The molecule has 2 amide bonds. The zero-order valence-electron chi connectivity index (χ0n) is 20.3. The molecule has 0 radical (unpaired) electrons. The van der Waals surface area contributed by atoms with Crippen LogP contribution in [0.25, 0.3) is 0 Å². The van der Waals surface area contributed by atoms with E-state index in [0.717, 1.165) is 0 Å². The zero-order valence-corrected chi connectivity index (χ0v) is 21.9. The predicted octanol–water partition coefficient (Wildman–Crippen LogP) is 4.51. The summed E-state index contributed by atoms with van der Waals surface area (Å²) in [6, 6.07) is 7.34. The number of nitrogens with one attached hydrogen (secondary N) is 2. The Hall–Kier alpha value is -3.05. The van der Waals surface area contributed by atoms with Gasteiger partial charge in [-0.1, -0.05) is 11.6 Å². The average molecular weight is 523 g/mol. The van der Waals surface area contributed by atoms with E-state index < -0.39 is 39.8 Å². The summed E-state index contributed by atoms with van der Waals surface area (Å²) in [5, 5.41) is 6.32. The smallest absolute Gasteiger partial charge is 0.437 e. The van der Waals surface area contributed by atoms with Crippen molar-refractivity contribution in [3.63, 3.8) is 0 Å². The van der Waals surface area contributed by atoms with Crippen LogP contribution in [0.5, 0.6) is 0 Å². The summed E-state index contributed by atoms with van der Waals surface area (Å²) < 4.78 is 26.5. The van der Waals surface area contributed by atoms with E-state index in [1.54, 1.807) is 58.2 Å². The summed E-state index contributed by atoms with van der Waals surface area (Å²) in [5.41, 5.74) is -0.873. The summed E-state index contributed by atoms with van der Waals surface area (Å²) >= 11 is 5.83. The van der Waals surface area contributed by atoms with Crippen molar-refractivity contribution in [2.45, 2.75) is 38.8 Å². The lowest BCUT2D eigenvalue weighted by Crippen LogP contribution is -2.59. The van der Waals surface area contributed by atoms with Gasteiger partial charge in [-0.25, -0.2) is 18.5 Å². The molecule has 3 rings (SSSR count). The quantitative estimate of drug-likeness (QED) is 0.613. The number of nitrogens with zero attached hydrogens (tertiary/aromatic N) is 4. The molecule has 2 aromatic rings. The first-order valence-corrected chi connectivity index (χ1v) is 12.4. The third-order valence-corrected chi connectivity index (χ3v) is 7.29. The molecule has 0 aliphatic carbocycles. The fourth-order valence-electron chi connectivity index (χ4n) is 3.35. The lowest BCUT2D eigenvalue weighted by Gasteiger charge is -2.42. The van der Waals surface area contributed by atoms with Crippen molar-refractivity contribution in [2.75, 3.05) is 25.2 Å². The lowest BCUT2D eigenvalue weighted by molar-refractivity contribution is 0.0601. The number of carbonyl (C=O) groups is 2. The third-order valence-electron chi connectivity index (χ3n) is 5.00. The minimum Gasteiger partial charge on any atom is -0.442 e. The highest BCUT2D eigenvalue weighted by Crippen LogP contribution is 2.31. The Labute approximate surface area is 211 Å². The van der Waals surface area contributed by atoms with Crippen molar-refractivity contribution in [3.8, 4) is 0 Å². The fourth-order valence-corrected chi connectivity index (χ4v) is 5.06. The molecule has 1 aliphatic rings. The van der Waals surface area contributed by atoms with Gasteiger partial charge in [0.1, 0.15) is 17.1 Å². The van der Waals surface area contributed by atoms with Crippen LogP contribution < -0.4 is 10.6 Å². The molecule has 1 saturated heterocycles. The van der Waals surface area contributed by atoms with Crippen LogP contribution in [-0.4, -0.2) is 52.7 Å². The average Bonchev–Trinajstić information content (AvgIpc) is 2.76. The Kier molecular flexibility index (Phi) is 7.80. The highest BCUT2D eigenvalue weighted by molar-refractivity contribution is 7.85. The highest BCUT2D eigenvalue weighted by atomic mass is 35.5. The van der Waals surface area contributed by atoms with Crippen LogP contribution >= 0.6 is 11.6 Å². The second-order valence-electron chi connectivity index (χ2n) is 9.05. The molecule has 0 bridgehead atoms. The number of carbonyl (C=O) groups excluding carboxylic acids is 2. The maximum Gasteiger partial charge on any atom is 0.437 e. The first-order valence-electron chi connectivity index (χ1n) is 10.7. The van der Waals surface area contributed by atoms with Crippen LogP contribution in [0, 0.1) is 5.82 Å². The first-order chi connectivity index (χ1) is 16.3. The third kappa shape index (κ3) is 6.55. The van der Waals surface area contributed by atoms with Crippen LogP contribution in [-0.2, 0) is 21.2 Å². The molecular weight excluding hydrogens is 495 g/mol. The second kappa shape index (κ2) is 10.3. The van der Waals surface area contributed by atoms with Gasteiger partial charge < -0.3 is 15.4 Å². The van der Waals surface area contributed by atoms with Crippen LogP contribution in [0.2, 0.25) is 5.02 Å². The number of aliphatic imine (C=N–C) groups is 1. The van der Waals surface area contributed by atoms with Crippen LogP contribution in [0.15, 0.2) is 45.9 Å². The van der Waals surface area contributed by atoms with Crippen LogP contribution in [0.4, 0.5) is 14.9 Å². The van der Waals surface area contributed by atoms with E-state index in [1.165, 1.54) is 24.4 Å². The van der Waals surface area contributed by atoms with Gasteiger partial charge in [0.2, 0.25) is 5.96 Å². The van der Waals surface area contributed by atoms with Crippen molar-refractivity contribution in [3.05, 3.63) is 58.6 Å². The topological polar surface area (TPSA) is 108 Å². The van der Waals surface area contributed by atoms with Gasteiger partial charge in [-0.05, 0) is 68.9 Å². The number of halogens is 2. The summed E-state index contributed by atoms with van der Waals surface area (Å²) in [5.74, 6) is -0.332. The van der Waals surface area contributed by atoms with Gasteiger partial charge in [0.25, 0.3) is 5.91 Å². The molecule has 2 atom stereocenters. The van der Waals surface area contributed by atoms with Gasteiger partial charge in [-0.3, -0.25) is 9.10 Å². The van der Waals surface area contributed by atoms with Gasteiger partial charge in [0.15, 0.2) is 0 Å². The largest absolute Gasteiger partial charge is 0.442 e. The maximum atomic E-state index is 15.1. The van der Waals surface area contributed by atoms with Gasteiger partial charge in [0.05, 0.1) is 16.3 Å². The second-order valence-corrected chi connectivity index (χ2v) is 11.4. The number of pyridine rings is 1. The number of hydrogen-bond acceptors (Lipinski definition) is 5. The number of benzene rings is 1. The Morgan fingerprint density at radius 3 is 2.63 bits per heavy atom. The van der Waals surface area contributed by atoms with E-state index >= 15 is 4.39 Å². The monoisotopic (exact) mass is 522 g/mol. The molecule has 0 saturated carbocycles. The summed E-state index contributed by atoms with van der Waals surface area (Å²) in [4.78, 5) is 33.0. The molecule has 12 heteroatoms. The number of amides is 2. The Morgan fingerprint density at radius 2 is 2.03 bits per heavy atom. The molecule has 0 unspecified atom stereocenters. The van der Waals surface area contributed by atoms with Crippen molar-refractivity contribution in [1.29, 1.82) is 0 Å². The molecule has 1 aromatic carbocycles. The number of guanidine groups is 1. The Balaban J connectivity index is 1.93. The zero-order chi connectivity index (χ0) is 26.0. The molecular formula is C23H28ClFN6O3S. The van der Waals surface area contributed by atoms with E-state index in [0.29, 0.717) is 16.5 Å². The normalized spacial score (nSPS) is 21.5. The number of anilines is 1. The minimum absolute atomic E-state index is 0.169. The van der Waals surface area contributed by atoms with E-state index in [4.69, 9.17) is 16.3 Å². The van der Waals surface area contributed by atoms with Gasteiger partial charge in [-0.2, -0.15) is 0 Å². The highest BCUT2D eigenvalue weighted by Gasteiger charge is 2.39. The molecule has 1 aliphatic heterocycles. The number of hydrogen-bond donors (Lipinski definition) is 2. The SMILES string of the molecule is C/N=[S@]1/C[C@@](C)(c2cc(NC(=O)c3ccc(Cl)cn3)ccc2F)N/C(=N\C(=O)OC(C)(C)C)N1C. The molecule has 188 valence electrons. The number of aromatic nitrogens is 1. The molecule has 2 heterocycles. The lowest BCUT2D eigenvalue weighted by atomic mass is 9.93. The van der Waals surface area contributed by atoms with Gasteiger partial charge >= 0.3 is 6.09 Å². The summed E-state index contributed by atoms with van der Waals surface area (Å²) in [7, 11) is 2.69. The van der Waals surface area contributed by atoms with Crippen molar-refractivity contribution in [1.82, 2.24) is 14.6 Å². The van der Waals surface area contributed by atoms with E-state index in [2.05, 4.69) is 25.0 Å². The molecule has 2 N–H and O–H groups in total. The number of rotatable bonds is 3. The molecule has 9 nitrogen and oxygen atoms in total. The van der Waals surface area contributed by atoms with Crippen molar-refractivity contribution < 1.29 is 18.7 Å². The Bertz CT molecular complexity index is 1200. The standard InChI is InChI=1S/C23H28ClFN6O3S/c1-22(2,3)34-21(33)29-20-30-23(4,13-35(26-5)31(20)6)16-11-15(8-9-17(16)25)28-19(32)18-10-7-14(24)12-27-18/h7-12H,13H2,1-6H3,(H,28,32)(H,29,30,33)/t23-,35+/m0/s1. The first kappa shape index (κ1) is 26.6. The molecule has 1 fully saturated rings. The van der Waals surface area contributed by atoms with Crippen molar-refractivity contribution in [2.24, 2.45) is 9.36 Å². The van der Waals surface area contributed by atoms with E-state index in [1.807, 2.05) is 0 Å². The van der Waals surface area contributed by atoms with Gasteiger partial charge in [-0.15, -0.1) is 4.99 Å². The summed E-state index contributed by atoms with van der Waals surface area (Å²) in [6.45, 7) is 7.02. The maximum absolute atomic E-state index is 15.1. The molecule has 1 aromatic heterocycles. The van der Waals surface area contributed by atoms with Gasteiger partial charge in [0, 0.05) is 31.5 Å². The minimum atomic E-state index is -0.987. The van der Waals surface area contributed by atoms with Crippen molar-refractivity contribution >= 4 is 46.1 Å². The Morgan fingerprint density at radius 1 is 1.31 bits per heavy atom. The van der Waals surface area contributed by atoms with Crippen LogP contribution in [0.3, 0.4) is 0 Å². The fraction of sp³-hybridized carbons (Fsp3) is 0.391. The molecule has 35 heavy (non-hydrogen) atoms. The van der Waals surface area contributed by atoms with E-state index in [9.17, 15) is 9.59 Å². The van der Waals surface area contributed by atoms with E-state index in [-0.39, 0.29) is 17.2 Å². The summed E-state index contributed by atoms with van der Waals surface area (Å²) in [6.07, 6.45) is 0.601. The predicted molar refractivity (Wildman–Crippen MR) is 136 cm³/mol.